The summed E-state index contributed by atoms with van der Waals surface area (Å²) >= 11 is 1.07. The molecule has 0 unspecified atom stereocenters. The van der Waals surface area contributed by atoms with Crippen LogP contribution in [-0.2, 0) is 27.8 Å². The molecule has 2 aromatic heterocycles. The number of carbonyl (C=O) groups excluding carboxylic acids is 2. The normalized spacial score (nSPS) is 11.4. The van der Waals surface area contributed by atoms with E-state index in [1.165, 1.54) is 18.2 Å². The van der Waals surface area contributed by atoms with E-state index in [-0.39, 0.29) is 21.9 Å². The highest BCUT2D eigenvalue weighted by molar-refractivity contribution is 7.94. The van der Waals surface area contributed by atoms with E-state index >= 15 is 0 Å². The van der Waals surface area contributed by atoms with Crippen LogP contribution in [0.4, 0.5) is 5.69 Å². The molecule has 0 spiro atoms. The Hall–Kier alpha value is -3.18. The Bertz CT molecular complexity index is 1250. The van der Waals surface area contributed by atoms with Crippen molar-refractivity contribution in [2.75, 3.05) is 4.72 Å². The predicted octanol–water partition coefficient (Wildman–Crippen LogP) is 3.02. The molecule has 0 bridgehead atoms. The first-order chi connectivity index (χ1) is 15.6. The predicted molar refractivity (Wildman–Crippen MR) is 127 cm³/mol. The van der Waals surface area contributed by atoms with Gasteiger partial charge in [-0.05, 0) is 43.3 Å². The van der Waals surface area contributed by atoms with Crippen molar-refractivity contribution >= 4 is 38.9 Å². The molecule has 0 radical (unpaired) electrons. The Kier molecular flexibility index (Phi) is 7.54. The topological polar surface area (TPSA) is 122 Å². The van der Waals surface area contributed by atoms with Crippen LogP contribution in [0.5, 0.6) is 0 Å². The number of hydrogen-bond acceptors (Lipinski definition) is 6. The van der Waals surface area contributed by atoms with Crippen molar-refractivity contribution in [2.24, 2.45) is 5.92 Å². The van der Waals surface area contributed by atoms with Gasteiger partial charge in [0.2, 0.25) is 5.91 Å². The van der Waals surface area contributed by atoms with E-state index in [0.717, 1.165) is 34.8 Å². The summed E-state index contributed by atoms with van der Waals surface area (Å²) < 4.78 is 29.5. The van der Waals surface area contributed by atoms with Gasteiger partial charge in [-0.3, -0.25) is 29.8 Å². The van der Waals surface area contributed by atoms with Gasteiger partial charge in [0.05, 0.1) is 23.4 Å². The molecule has 3 N–H and O–H groups in total. The van der Waals surface area contributed by atoms with Crippen molar-refractivity contribution in [1.29, 1.82) is 0 Å². The fourth-order valence-electron chi connectivity index (χ4n) is 3.29. The van der Waals surface area contributed by atoms with Crippen LogP contribution in [-0.4, -0.2) is 30.0 Å². The number of hydrogen-bond donors (Lipinski definition) is 3. The minimum absolute atomic E-state index is 0.0582. The molecule has 11 heteroatoms. The minimum atomic E-state index is -3.82. The Labute approximate surface area is 197 Å². The molecule has 9 nitrogen and oxygen atoms in total. The maximum Gasteiger partial charge on any atom is 0.271 e. The third-order valence-electron chi connectivity index (χ3n) is 4.90. The number of aromatic nitrogens is 2. The van der Waals surface area contributed by atoms with Gasteiger partial charge < -0.3 is 0 Å². The SMILES string of the molecule is Cc1nn(CC(C)C)c(C)c1CC(=O)NNC(=O)c1ccccc1NS(=O)(=O)c1cccs1. The third-order valence-corrected chi connectivity index (χ3v) is 7.66. The van der Waals surface area contributed by atoms with Gasteiger partial charge >= 0.3 is 0 Å². The highest BCUT2D eigenvalue weighted by Crippen LogP contribution is 2.23. The van der Waals surface area contributed by atoms with E-state index in [1.54, 1.807) is 23.6 Å². The summed E-state index contributed by atoms with van der Waals surface area (Å²) in [7, 11) is -3.82. The average molecular weight is 490 g/mol. The van der Waals surface area contributed by atoms with Crippen LogP contribution in [0.3, 0.4) is 0 Å². The first kappa shape index (κ1) is 24.5. The van der Waals surface area contributed by atoms with Crippen molar-refractivity contribution < 1.29 is 18.0 Å². The summed E-state index contributed by atoms with van der Waals surface area (Å²) in [6.45, 7) is 8.71. The zero-order chi connectivity index (χ0) is 24.2. The molecule has 0 atom stereocenters. The van der Waals surface area contributed by atoms with E-state index in [0.29, 0.717) is 5.92 Å². The zero-order valence-corrected chi connectivity index (χ0v) is 20.5. The number of amides is 2. The van der Waals surface area contributed by atoms with Crippen molar-refractivity contribution in [3.63, 3.8) is 0 Å². The Balaban J connectivity index is 1.66. The second-order valence-electron chi connectivity index (χ2n) is 7.99. The molecule has 33 heavy (non-hydrogen) atoms. The number of benzene rings is 1. The van der Waals surface area contributed by atoms with E-state index in [4.69, 9.17) is 0 Å². The fourth-order valence-corrected chi connectivity index (χ4v) is 5.37. The van der Waals surface area contributed by atoms with Gasteiger partial charge in [0, 0.05) is 17.8 Å². The second kappa shape index (κ2) is 10.2. The Morgan fingerprint density at radius 2 is 1.82 bits per heavy atom. The smallest absolute Gasteiger partial charge is 0.271 e. The first-order valence-corrected chi connectivity index (χ1v) is 12.7. The first-order valence-electron chi connectivity index (χ1n) is 10.4. The monoisotopic (exact) mass is 489 g/mol. The van der Waals surface area contributed by atoms with Gasteiger partial charge in [0.1, 0.15) is 4.21 Å². The van der Waals surface area contributed by atoms with Crippen molar-refractivity contribution in [3.05, 3.63) is 64.3 Å². The minimum Gasteiger partial charge on any atom is -0.278 e. The lowest BCUT2D eigenvalue weighted by atomic mass is 10.1. The maximum absolute atomic E-state index is 12.7. The molecule has 3 rings (SSSR count). The number of sulfonamides is 1. The summed E-state index contributed by atoms with van der Waals surface area (Å²) in [5.41, 5.74) is 7.44. The Morgan fingerprint density at radius 3 is 2.48 bits per heavy atom. The molecular formula is C22H27N5O4S2. The number of aryl methyl sites for hydroxylation is 1. The van der Waals surface area contributed by atoms with Crippen LogP contribution < -0.4 is 15.6 Å². The van der Waals surface area contributed by atoms with E-state index in [2.05, 4.69) is 34.5 Å². The quantitative estimate of drug-likeness (QED) is 0.420. The number of rotatable bonds is 8. The molecule has 0 saturated heterocycles. The van der Waals surface area contributed by atoms with Gasteiger partial charge in [-0.15, -0.1) is 11.3 Å². The van der Waals surface area contributed by atoms with Crippen LogP contribution in [0.15, 0.2) is 46.0 Å². The third kappa shape index (κ3) is 5.99. The summed E-state index contributed by atoms with van der Waals surface area (Å²) in [5.74, 6) is -0.631. The summed E-state index contributed by atoms with van der Waals surface area (Å²) in [6, 6.07) is 9.28. The molecule has 1 aromatic carbocycles. The molecule has 2 amide bonds. The molecule has 2 heterocycles. The van der Waals surface area contributed by atoms with E-state index in [1.807, 2.05) is 18.5 Å². The molecule has 0 aliphatic rings. The summed E-state index contributed by atoms with van der Waals surface area (Å²) in [6.07, 6.45) is 0.0582. The molecule has 176 valence electrons. The van der Waals surface area contributed by atoms with Gasteiger partial charge in [-0.25, -0.2) is 8.42 Å². The number of anilines is 1. The lowest BCUT2D eigenvalue weighted by molar-refractivity contribution is -0.121. The zero-order valence-electron chi connectivity index (χ0n) is 18.9. The van der Waals surface area contributed by atoms with Crippen LogP contribution >= 0.6 is 11.3 Å². The molecule has 0 aliphatic heterocycles. The number of hydrazine groups is 1. The Morgan fingerprint density at radius 1 is 1.09 bits per heavy atom. The number of carbonyl (C=O) groups is 2. The number of nitrogens with zero attached hydrogens (tertiary/aromatic N) is 2. The molecule has 0 saturated carbocycles. The largest absolute Gasteiger partial charge is 0.278 e. The lowest BCUT2D eigenvalue weighted by Gasteiger charge is -2.13. The van der Waals surface area contributed by atoms with Crippen molar-refractivity contribution in [2.45, 2.75) is 44.9 Å². The summed E-state index contributed by atoms with van der Waals surface area (Å²) in [4.78, 5) is 25.2. The number of nitrogens with one attached hydrogen (secondary N) is 3. The fraction of sp³-hybridized carbons (Fsp3) is 0.318. The second-order valence-corrected chi connectivity index (χ2v) is 10.8. The van der Waals surface area contributed by atoms with Gasteiger partial charge in [0.15, 0.2) is 0 Å². The molecule has 3 aromatic rings. The van der Waals surface area contributed by atoms with E-state index in [9.17, 15) is 18.0 Å². The van der Waals surface area contributed by atoms with Crippen LogP contribution in [0.1, 0.15) is 41.2 Å². The van der Waals surface area contributed by atoms with Crippen LogP contribution in [0.25, 0.3) is 0 Å². The average Bonchev–Trinajstić information content (AvgIpc) is 3.38. The number of thiophene rings is 1. The van der Waals surface area contributed by atoms with Crippen LogP contribution in [0.2, 0.25) is 0 Å². The summed E-state index contributed by atoms with van der Waals surface area (Å²) in [5, 5.41) is 6.15. The lowest BCUT2D eigenvalue weighted by Crippen LogP contribution is -2.42. The highest BCUT2D eigenvalue weighted by atomic mass is 32.2. The standard InChI is InChI=1S/C22H27N5O4S2/c1-14(2)13-27-16(4)18(15(3)25-27)12-20(28)23-24-22(29)17-8-5-6-9-19(17)26-33(30,31)21-10-7-11-32-21/h5-11,14,26H,12-13H2,1-4H3,(H,23,28)(H,24,29). The number of para-hydroxylation sites is 1. The van der Waals surface area contributed by atoms with Gasteiger partial charge in [0.25, 0.3) is 15.9 Å². The van der Waals surface area contributed by atoms with Crippen molar-refractivity contribution in [1.82, 2.24) is 20.6 Å². The van der Waals surface area contributed by atoms with Crippen molar-refractivity contribution in [3.8, 4) is 0 Å². The molecule has 0 fully saturated rings. The van der Waals surface area contributed by atoms with Gasteiger partial charge in [-0.2, -0.15) is 5.10 Å². The maximum atomic E-state index is 12.7. The highest BCUT2D eigenvalue weighted by Gasteiger charge is 2.20. The van der Waals surface area contributed by atoms with Gasteiger partial charge in [-0.1, -0.05) is 32.0 Å². The molecule has 0 aliphatic carbocycles. The van der Waals surface area contributed by atoms with E-state index < -0.39 is 21.8 Å². The molecular weight excluding hydrogens is 462 g/mol. The van der Waals surface area contributed by atoms with Crippen LogP contribution in [0, 0.1) is 19.8 Å².